The maximum atomic E-state index is 5.49. The van der Waals surface area contributed by atoms with Gasteiger partial charge in [0, 0.05) is 22.1 Å². The third kappa shape index (κ3) is 4.70. The molecule has 0 saturated carbocycles. The summed E-state index contributed by atoms with van der Waals surface area (Å²) < 4.78 is 2.18. The standard InChI is InChI=1S/C45H30N2/c1-5-16-32(17-6-1)39-28-38-29-42(34-20-9-3-10-21-34)47-45(41(38)30-40(39)33-18-7-2-8-19-33)43(35-22-11-4-12-23-35)44(46-47)37-26-25-31-15-13-14-24-36(31)27-37/h1-30H. The quantitative estimate of drug-likeness (QED) is 0.193. The Balaban J connectivity index is 1.46. The van der Waals surface area contributed by atoms with Gasteiger partial charge >= 0.3 is 0 Å². The van der Waals surface area contributed by atoms with Crippen LogP contribution in [0.1, 0.15) is 0 Å². The first-order valence-electron chi connectivity index (χ1n) is 16.1. The van der Waals surface area contributed by atoms with E-state index in [4.69, 9.17) is 5.10 Å². The molecule has 0 radical (unpaired) electrons. The van der Waals surface area contributed by atoms with Gasteiger partial charge in [0.25, 0.3) is 0 Å². The van der Waals surface area contributed by atoms with E-state index < -0.39 is 0 Å². The molecule has 2 nitrogen and oxygen atoms in total. The Morgan fingerprint density at radius 1 is 0.362 bits per heavy atom. The van der Waals surface area contributed by atoms with Crippen LogP contribution in [0.25, 0.3) is 83.0 Å². The Morgan fingerprint density at radius 2 is 0.894 bits per heavy atom. The fourth-order valence-corrected chi connectivity index (χ4v) is 6.94. The Morgan fingerprint density at radius 3 is 1.53 bits per heavy atom. The van der Waals surface area contributed by atoms with Crippen molar-refractivity contribution in [3.8, 4) is 55.9 Å². The van der Waals surface area contributed by atoms with Crippen molar-refractivity contribution in [3.63, 3.8) is 0 Å². The summed E-state index contributed by atoms with van der Waals surface area (Å²) in [5.74, 6) is 0. The summed E-state index contributed by atoms with van der Waals surface area (Å²) >= 11 is 0. The molecule has 47 heavy (non-hydrogen) atoms. The van der Waals surface area contributed by atoms with Gasteiger partial charge in [-0.25, -0.2) is 4.52 Å². The van der Waals surface area contributed by atoms with E-state index in [1.807, 2.05) is 0 Å². The van der Waals surface area contributed by atoms with Crippen molar-refractivity contribution in [2.45, 2.75) is 0 Å². The largest absolute Gasteiger partial charge is 0.231 e. The van der Waals surface area contributed by atoms with Gasteiger partial charge in [0.05, 0.1) is 11.2 Å². The Kier molecular flexibility index (Phi) is 6.50. The van der Waals surface area contributed by atoms with Crippen LogP contribution < -0.4 is 0 Å². The normalized spacial score (nSPS) is 11.4. The van der Waals surface area contributed by atoms with Crippen molar-refractivity contribution in [1.29, 1.82) is 0 Å². The predicted octanol–water partition coefficient (Wildman–Crippen LogP) is 12.0. The molecule has 0 aliphatic carbocycles. The molecular formula is C45H30N2. The average Bonchev–Trinajstić information content (AvgIpc) is 3.56. The van der Waals surface area contributed by atoms with E-state index in [9.17, 15) is 0 Å². The van der Waals surface area contributed by atoms with E-state index >= 15 is 0 Å². The van der Waals surface area contributed by atoms with Crippen LogP contribution in [0.5, 0.6) is 0 Å². The number of benzene rings is 7. The predicted molar refractivity (Wildman–Crippen MR) is 197 cm³/mol. The number of pyridine rings is 1. The summed E-state index contributed by atoms with van der Waals surface area (Å²) in [4.78, 5) is 0. The first-order valence-corrected chi connectivity index (χ1v) is 16.1. The van der Waals surface area contributed by atoms with Crippen LogP contribution in [-0.4, -0.2) is 9.61 Å². The van der Waals surface area contributed by atoms with Gasteiger partial charge in [-0.3, -0.25) is 0 Å². The molecule has 0 atom stereocenters. The fourth-order valence-electron chi connectivity index (χ4n) is 6.94. The van der Waals surface area contributed by atoms with E-state index in [0.29, 0.717) is 0 Å². The maximum absolute atomic E-state index is 5.49. The van der Waals surface area contributed by atoms with E-state index in [2.05, 4.69) is 187 Å². The zero-order chi connectivity index (χ0) is 31.2. The van der Waals surface area contributed by atoms with Crippen molar-refractivity contribution in [3.05, 3.63) is 182 Å². The smallest absolute Gasteiger partial charge is 0.101 e. The maximum Gasteiger partial charge on any atom is 0.101 e. The summed E-state index contributed by atoms with van der Waals surface area (Å²) in [5.41, 5.74) is 12.4. The fraction of sp³-hybridized carbons (Fsp3) is 0. The SMILES string of the molecule is c1ccc(-c2cc3cc(-c4ccccc4)n4nc(-c5ccc6ccccc6c5)c(-c5ccccc5)c4c3cc2-c2ccccc2)cc1. The molecule has 2 aromatic heterocycles. The van der Waals surface area contributed by atoms with Gasteiger partial charge in [-0.1, -0.05) is 158 Å². The van der Waals surface area contributed by atoms with Gasteiger partial charge in [-0.2, -0.15) is 5.10 Å². The summed E-state index contributed by atoms with van der Waals surface area (Å²) in [6, 6.07) is 65.1. The first-order chi connectivity index (χ1) is 23.3. The van der Waals surface area contributed by atoms with Crippen molar-refractivity contribution in [2.24, 2.45) is 0 Å². The van der Waals surface area contributed by atoms with Gasteiger partial charge in [0.15, 0.2) is 0 Å². The van der Waals surface area contributed by atoms with Gasteiger partial charge in [-0.05, 0) is 68.2 Å². The highest BCUT2D eigenvalue weighted by Gasteiger charge is 2.23. The minimum atomic E-state index is 0.972. The van der Waals surface area contributed by atoms with Crippen LogP contribution in [0.4, 0.5) is 0 Å². The monoisotopic (exact) mass is 598 g/mol. The number of nitrogens with zero attached hydrogens (tertiary/aromatic N) is 2. The minimum Gasteiger partial charge on any atom is -0.231 e. The molecule has 9 aromatic rings. The summed E-state index contributed by atoms with van der Waals surface area (Å²) in [6.07, 6.45) is 0. The van der Waals surface area contributed by atoms with Gasteiger partial charge in [0.1, 0.15) is 5.69 Å². The Hall–Kier alpha value is -6.25. The lowest BCUT2D eigenvalue weighted by atomic mass is 9.89. The topological polar surface area (TPSA) is 17.3 Å². The van der Waals surface area contributed by atoms with Crippen molar-refractivity contribution in [2.75, 3.05) is 0 Å². The minimum absolute atomic E-state index is 0.972. The molecule has 0 saturated heterocycles. The second kappa shape index (κ2) is 11.3. The number of hydrogen-bond acceptors (Lipinski definition) is 1. The molecule has 9 rings (SSSR count). The van der Waals surface area contributed by atoms with Crippen molar-refractivity contribution in [1.82, 2.24) is 9.61 Å². The van der Waals surface area contributed by atoms with Crippen LogP contribution in [0.2, 0.25) is 0 Å². The molecule has 0 unspecified atom stereocenters. The molecule has 2 heteroatoms. The molecule has 0 aliphatic heterocycles. The van der Waals surface area contributed by atoms with E-state index in [1.165, 1.54) is 43.8 Å². The molecule has 220 valence electrons. The van der Waals surface area contributed by atoms with Crippen LogP contribution >= 0.6 is 0 Å². The van der Waals surface area contributed by atoms with Crippen LogP contribution in [0.3, 0.4) is 0 Å². The van der Waals surface area contributed by atoms with Crippen molar-refractivity contribution >= 4 is 27.1 Å². The summed E-state index contributed by atoms with van der Waals surface area (Å²) in [7, 11) is 0. The van der Waals surface area contributed by atoms with E-state index in [-0.39, 0.29) is 0 Å². The average molecular weight is 599 g/mol. The second-order valence-electron chi connectivity index (χ2n) is 12.0. The Bertz CT molecular complexity index is 2530. The third-order valence-corrected chi connectivity index (χ3v) is 9.18. The summed E-state index contributed by atoms with van der Waals surface area (Å²) in [6.45, 7) is 0. The molecular weight excluding hydrogens is 569 g/mol. The zero-order valence-electron chi connectivity index (χ0n) is 25.7. The summed E-state index contributed by atoms with van der Waals surface area (Å²) in [5, 5.41) is 10.3. The molecule has 2 heterocycles. The molecule has 0 spiro atoms. The highest BCUT2D eigenvalue weighted by molar-refractivity contribution is 6.12. The third-order valence-electron chi connectivity index (χ3n) is 9.18. The van der Waals surface area contributed by atoms with E-state index in [0.717, 1.165) is 39.2 Å². The second-order valence-corrected chi connectivity index (χ2v) is 12.0. The van der Waals surface area contributed by atoms with Gasteiger partial charge in [0.2, 0.25) is 0 Å². The molecule has 0 bridgehead atoms. The molecule has 0 N–H and O–H groups in total. The van der Waals surface area contributed by atoms with Crippen molar-refractivity contribution < 1.29 is 0 Å². The number of rotatable bonds is 5. The molecule has 7 aromatic carbocycles. The highest BCUT2D eigenvalue weighted by Crippen LogP contribution is 2.44. The van der Waals surface area contributed by atoms with E-state index in [1.54, 1.807) is 0 Å². The van der Waals surface area contributed by atoms with Crippen LogP contribution in [-0.2, 0) is 0 Å². The van der Waals surface area contributed by atoms with Crippen LogP contribution in [0.15, 0.2) is 182 Å². The Labute approximate surface area is 273 Å². The molecule has 0 fully saturated rings. The van der Waals surface area contributed by atoms with Gasteiger partial charge in [-0.15, -0.1) is 0 Å². The number of aromatic nitrogens is 2. The highest BCUT2D eigenvalue weighted by atomic mass is 15.2. The number of fused-ring (bicyclic) bond motifs is 4. The molecule has 0 amide bonds. The zero-order valence-corrected chi connectivity index (χ0v) is 25.7. The lowest BCUT2D eigenvalue weighted by Gasteiger charge is -2.16. The lowest BCUT2D eigenvalue weighted by molar-refractivity contribution is 0.980. The first kappa shape index (κ1) is 27.1. The molecule has 0 aliphatic rings. The number of hydrogen-bond donors (Lipinski definition) is 0. The van der Waals surface area contributed by atoms with Crippen LogP contribution in [0, 0.1) is 0 Å². The lowest BCUT2D eigenvalue weighted by Crippen LogP contribution is -1.97. The van der Waals surface area contributed by atoms with Gasteiger partial charge < -0.3 is 0 Å².